The Bertz CT molecular complexity index is 687. The Labute approximate surface area is 165 Å². The maximum atomic E-state index is 13.0. The third-order valence-corrected chi connectivity index (χ3v) is 5.00. The number of hydrogen-bond acceptors (Lipinski definition) is 4. The summed E-state index contributed by atoms with van der Waals surface area (Å²) < 4.78 is 0. The summed E-state index contributed by atoms with van der Waals surface area (Å²) in [6.45, 7) is 6.44. The predicted molar refractivity (Wildman–Crippen MR) is 105 cm³/mol. The van der Waals surface area contributed by atoms with Crippen LogP contribution >= 0.6 is 11.6 Å². The lowest BCUT2D eigenvalue weighted by Crippen LogP contribution is -2.57. The Morgan fingerprint density at radius 2 is 1.74 bits per heavy atom. The number of piperazine rings is 1. The van der Waals surface area contributed by atoms with Gasteiger partial charge in [-0.3, -0.25) is 19.3 Å². The van der Waals surface area contributed by atoms with Gasteiger partial charge in [-0.2, -0.15) is 0 Å². The number of likely N-dealkylation sites (N-methyl/N-ethyl adjacent to an activating group) is 1. The van der Waals surface area contributed by atoms with E-state index in [1.807, 2.05) is 18.7 Å². The normalized spacial score (nSPS) is 16.1. The molecule has 0 aliphatic carbocycles. The first-order valence-corrected chi connectivity index (χ1v) is 9.48. The second kappa shape index (κ2) is 9.71. The van der Waals surface area contributed by atoms with Gasteiger partial charge in [0.25, 0.3) is 5.91 Å². The quantitative estimate of drug-likeness (QED) is 0.753. The minimum Gasteiger partial charge on any atom is -0.358 e. The van der Waals surface area contributed by atoms with Gasteiger partial charge >= 0.3 is 0 Å². The van der Waals surface area contributed by atoms with E-state index < -0.39 is 6.04 Å². The zero-order chi connectivity index (χ0) is 20.0. The van der Waals surface area contributed by atoms with Gasteiger partial charge in [0.2, 0.25) is 11.8 Å². The predicted octanol–water partition coefficient (Wildman–Crippen LogP) is 0.985. The molecule has 3 amide bonds. The van der Waals surface area contributed by atoms with Crippen molar-refractivity contribution in [1.29, 1.82) is 0 Å². The van der Waals surface area contributed by atoms with E-state index in [4.69, 9.17) is 11.6 Å². The first kappa shape index (κ1) is 21.2. The number of rotatable bonds is 6. The highest BCUT2D eigenvalue weighted by molar-refractivity contribution is 6.33. The second-order valence-electron chi connectivity index (χ2n) is 6.95. The maximum Gasteiger partial charge on any atom is 0.253 e. The highest BCUT2D eigenvalue weighted by atomic mass is 35.5. The van der Waals surface area contributed by atoms with Crippen molar-refractivity contribution >= 4 is 29.3 Å². The largest absolute Gasteiger partial charge is 0.358 e. The van der Waals surface area contributed by atoms with Crippen molar-refractivity contribution in [2.24, 2.45) is 5.92 Å². The molecule has 27 heavy (non-hydrogen) atoms. The van der Waals surface area contributed by atoms with E-state index in [0.29, 0.717) is 43.3 Å². The number of carbonyl (C=O) groups excluding carboxylic acids is 3. The Kier molecular flexibility index (Phi) is 7.62. The van der Waals surface area contributed by atoms with Crippen molar-refractivity contribution < 1.29 is 14.4 Å². The van der Waals surface area contributed by atoms with E-state index in [2.05, 4.69) is 10.6 Å². The second-order valence-corrected chi connectivity index (χ2v) is 7.36. The third kappa shape index (κ3) is 5.68. The van der Waals surface area contributed by atoms with E-state index in [1.165, 1.54) is 0 Å². The molecule has 0 aromatic heterocycles. The van der Waals surface area contributed by atoms with Gasteiger partial charge in [0.05, 0.1) is 17.1 Å². The summed E-state index contributed by atoms with van der Waals surface area (Å²) in [6, 6.07) is 6.14. The van der Waals surface area contributed by atoms with Crippen LogP contribution in [0.5, 0.6) is 0 Å². The molecule has 2 N–H and O–H groups in total. The lowest BCUT2D eigenvalue weighted by Gasteiger charge is -2.37. The minimum atomic E-state index is -0.626. The molecule has 148 valence electrons. The van der Waals surface area contributed by atoms with Gasteiger partial charge in [0.1, 0.15) is 6.04 Å². The molecule has 2 rings (SSSR count). The Morgan fingerprint density at radius 1 is 1.11 bits per heavy atom. The number of amides is 3. The smallest absolute Gasteiger partial charge is 0.253 e. The minimum absolute atomic E-state index is 0.0400. The molecule has 7 nitrogen and oxygen atoms in total. The number of nitrogens with one attached hydrogen (secondary N) is 2. The van der Waals surface area contributed by atoms with E-state index in [0.717, 1.165) is 0 Å². The molecule has 1 fully saturated rings. The number of carbonyl (C=O) groups is 3. The fourth-order valence-electron chi connectivity index (χ4n) is 2.98. The number of halogens is 1. The molecule has 1 unspecified atom stereocenters. The molecular formula is C19H27ClN4O3. The van der Waals surface area contributed by atoms with Crippen molar-refractivity contribution in [3.05, 3.63) is 34.9 Å². The molecule has 1 atom stereocenters. The molecule has 0 bridgehead atoms. The molecule has 1 aliphatic heterocycles. The zero-order valence-electron chi connectivity index (χ0n) is 16.0. The summed E-state index contributed by atoms with van der Waals surface area (Å²) >= 11 is 6.09. The SMILES string of the molecule is CNC(=O)CN1CCN(C(=O)C(NC(=O)c2ccccc2Cl)C(C)C)CC1. The summed E-state index contributed by atoms with van der Waals surface area (Å²) in [5, 5.41) is 5.79. The lowest BCUT2D eigenvalue weighted by atomic mass is 10.0. The van der Waals surface area contributed by atoms with Crippen LogP contribution in [0, 0.1) is 5.92 Å². The number of benzene rings is 1. The van der Waals surface area contributed by atoms with Gasteiger partial charge in [0, 0.05) is 33.2 Å². The van der Waals surface area contributed by atoms with Crippen LogP contribution in [-0.2, 0) is 9.59 Å². The van der Waals surface area contributed by atoms with Crippen molar-refractivity contribution in [3.8, 4) is 0 Å². The third-order valence-electron chi connectivity index (χ3n) is 4.67. The fourth-order valence-corrected chi connectivity index (χ4v) is 3.20. The molecule has 0 radical (unpaired) electrons. The van der Waals surface area contributed by atoms with Gasteiger partial charge in [0.15, 0.2) is 0 Å². The van der Waals surface area contributed by atoms with Crippen molar-refractivity contribution in [2.75, 3.05) is 39.8 Å². The molecule has 1 aliphatic rings. The highest BCUT2D eigenvalue weighted by Gasteiger charge is 2.31. The van der Waals surface area contributed by atoms with Gasteiger partial charge in [-0.05, 0) is 18.1 Å². The Morgan fingerprint density at radius 3 is 2.30 bits per heavy atom. The Hall–Kier alpha value is -2.12. The van der Waals surface area contributed by atoms with Crippen LogP contribution in [0.1, 0.15) is 24.2 Å². The van der Waals surface area contributed by atoms with Gasteiger partial charge in [-0.1, -0.05) is 37.6 Å². The van der Waals surface area contributed by atoms with E-state index in [-0.39, 0.29) is 23.6 Å². The maximum absolute atomic E-state index is 13.0. The molecule has 1 aromatic carbocycles. The Balaban J connectivity index is 1.98. The topological polar surface area (TPSA) is 81.8 Å². The van der Waals surface area contributed by atoms with Crippen LogP contribution in [0.3, 0.4) is 0 Å². The number of nitrogens with zero attached hydrogens (tertiary/aromatic N) is 2. The van der Waals surface area contributed by atoms with Gasteiger partial charge in [-0.25, -0.2) is 0 Å². The first-order chi connectivity index (χ1) is 12.8. The van der Waals surface area contributed by atoms with Gasteiger partial charge in [-0.15, -0.1) is 0 Å². The molecule has 0 saturated carbocycles. The summed E-state index contributed by atoms with van der Waals surface area (Å²) in [5.41, 5.74) is 0.355. The highest BCUT2D eigenvalue weighted by Crippen LogP contribution is 2.16. The van der Waals surface area contributed by atoms with Crippen LogP contribution in [0.15, 0.2) is 24.3 Å². The van der Waals surface area contributed by atoms with Crippen LogP contribution in [0.25, 0.3) is 0 Å². The summed E-state index contributed by atoms with van der Waals surface area (Å²) in [6.07, 6.45) is 0. The fraction of sp³-hybridized carbons (Fsp3) is 0.526. The van der Waals surface area contributed by atoms with Crippen molar-refractivity contribution in [3.63, 3.8) is 0 Å². The molecular weight excluding hydrogens is 368 g/mol. The monoisotopic (exact) mass is 394 g/mol. The lowest BCUT2D eigenvalue weighted by molar-refractivity contribution is -0.136. The summed E-state index contributed by atoms with van der Waals surface area (Å²) in [4.78, 5) is 40.8. The molecule has 8 heteroatoms. The van der Waals surface area contributed by atoms with Crippen molar-refractivity contribution in [1.82, 2.24) is 20.4 Å². The number of hydrogen-bond donors (Lipinski definition) is 2. The van der Waals surface area contributed by atoms with E-state index in [9.17, 15) is 14.4 Å². The average Bonchev–Trinajstić information content (AvgIpc) is 2.66. The summed E-state index contributed by atoms with van der Waals surface area (Å²) in [5.74, 6) is -0.564. The van der Waals surface area contributed by atoms with E-state index in [1.54, 1.807) is 36.2 Å². The van der Waals surface area contributed by atoms with Crippen LogP contribution in [0.2, 0.25) is 5.02 Å². The molecule has 0 spiro atoms. The summed E-state index contributed by atoms with van der Waals surface area (Å²) in [7, 11) is 1.61. The van der Waals surface area contributed by atoms with Crippen LogP contribution in [0.4, 0.5) is 0 Å². The molecule has 1 aromatic rings. The van der Waals surface area contributed by atoms with Gasteiger partial charge < -0.3 is 15.5 Å². The van der Waals surface area contributed by atoms with Crippen molar-refractivity contribution in [2.45, 2.75) is 19.9 Å². The molecule has 1 heterocycles. The van der Waals surface area contributed by atoms with Crippen LogP contribution in [-0.4, -0.2) is 73.3 Å². The molecule has 1 saturated heterocycles. The first-order valence-electron chi connectivity index (χ1n) is 9.10. The van der Waals surface area contributed by atoms with Crippen LogP contribution < -0.4 is 10.6 Å². The van der Waals surface area contributed by atoms with E-state index >= 15 is 0 Å². The average molecular weight is 395 g/mol. The standard InChI is InChI=1S/C19H27ClN4O3/c1-13(2)17(22-18(26)14-6-4-5-7-15(14)20)19(27)24-10-8-23(9-11-24)12-16(25)21-3/h4-7,13,17H,8-12H2,1-3H3,(H,21,25)(H,22,26). The zero-order valence-corrected chi connectivity index (χ0v) is 16.8.